The van der Waals surface area contributed by atoms with Crippen molar-refractivity contribution in [2.24, 2.45) is 0 Å². The fourth-order valence-corrected chi connectivity index (χ4v) is 2.06. The zero-order chi connectivity index (χ0) is 12.8. The molecule has 0 aliphatic carbocycles. The highest BCUT2D eigenvalue weighted by molar-refractivity contribution is 5.35. The molecule has 2 rings (SSSR count). The lowest BCUT2D eigenvalue weighted by Gasteiger charge is -2.09. The molecule has 0 amide bonds. The number of rotatable bonds is 5. The van der Waals surface area contributed by atoms with Crippen LogP contribution in [0.1, 0.15) is 16.7 Å². The van der Waals surface area contributed by atoms with E-state index in [1.54, 1.807) is 7.11 Å². The Bertz CT molecular complexity index is 489. The molecule has 0 spiro atoms. The summed E-state index contributed by atoms with van der Waals surface area (Å²) in [7, 11) is 1.67. The lowest BCUT2D eigenvalue weighted by atomic mass is 9.98. The average molecular weight is 242 g/mol. The van der Waals surface area contributed by atoms with Gasteiger partial charge >= 0.3 is 0 Å². The first-order valence-electron chi connectivity index (χ1n) is 6.14. The van der Waals surface area contributed by atoms with Crippen LogP contribution in [-0.2, 0) is 12.8 Å². The Hall–Kier alpha value is -1.80. The van der Waals surface area contributed by atoms with Crippen LogP contribution < -0.4 is 4.74 Å². The van der Waals surface area contributed by atoms with E-state index < -0.39 is 0 Å². The van der Waals surface area contributed by atoms with E-state index in [9.17, 15) is 0 Å². The molecule has 0 atom stereocenters. The Morgan fingerprint density at radius 3 is 2.22 bits per heavy atom. The van der Waals surface area contributed by atoms with Gasteiger partial charge in [-0.1, -0.05) is 36.4 Å². The topological polar surface area (TPSA) is 29.5 Å². The molecular weight excluding hydrogens is 224 g/mol. The first kappa shape index (κ1) is 12.7. The Kier molecular flexibility index (Phi) is 4.37. The Balaban J connectivity index is 2.17. The normalized spacial score (nSPS) is 10.3. The van der Waals surface area contributed by atoms with Gasteiger partial charge < -0.3 is 9.84 Å². The second-order valence-corrected chi connectivity index (χ2v) is 4.27. The van der Waals surface area contributed by atoms with Gasteiger partial charge in [-0.15, -0.1) is 0 Å². The van der Waals surface area contributed by atoms with Gasteiger partial charge in [0.15, 0.2) is 0 Å². The van der Waals surface area contributed by atoms with Gasteiger partial charge in [-0.2, -0.15) is 0 Å². The molecule has 1 N–H and O–H groups in total. The Labute approximate surface area is 108 Å². The van der Waals surface area contributed by atoms with Crippen molar-refractivity contribution in [1.82, 2.24) is 0 Å². The van der Waals surface area contributed by atoms with Gasteiger partial charge in [-0.3, -0.25) is 0 Å². The van der Waals surface area contributed by atoms with Crippen molar-refractivity contribution in [3.05, 3.63) is 65.2 Å². The maximum Gasteiger partial charge on any atom is 0.118 e. The lowest BCUT2D eigenvalue weighted by molar-refractivity contribution is 0.299. The van der Waals surface area contributed by atoms with E-state index in [4.69, 9.17) is 9.84 Å². The number of methoxy groups -OCH3 is 1. The molecule has 0 saturated carbocycles. The predicted molar refractivity (Wildman–Crippen MR) is 73.0 cm³/mol. The van der Waals surface area contributed by atoms with E-state index in [2.05, 4.69) is 24.3 Å². The molecule has 94 valence electrons. The van der Waals surface area contributed by atoms with Crippen LogP contribution in [0.5, 0.6) is 5.75 Å². The molecular formula is C16H18O2. The molecule has 2 nitrogen and oxygen atoms in total. The van der Waals surface area contributed by atoms with Crippen molar-refractivity contribution in [3.63, 3.8) is 0 Å². The summed E-state index contributed by atoms with van der Waals surface area (Å²) in [4.78, 5) is 0. The first-order chi connectivity index (χ1) is 8.83. The quantitative estimate of drug-likeness (QED) is 0.873. The van der Waals surface area contributed by atoms with Crippen LogP contribution in [0.2, 0.25) is 0 Å². The zero-order valence-electron chi connectivity index (χ0n) is 10.6. The standard InChI is InChI=1S/C16H18O2/c1-18-16-8-6-13(7-9-16)12-15-5-3-2-4-14(15)10-11-17/h2-9,17H,10-12H2,1H3. The molecule has 0 fully saturated rings. The number of hydrogen-bond donors (Lipinski definition) is 1. The third-order valence-corrected chi connectivity index (χ3v) is 3.05. The van der Waals surface area contributed by atoms with Gasteiger partial charge in [0.05, 0.1) is 7.11 Å². The number of aliphatic hydroxyl groups is 1. The van der Waals surface area contributed by atoms with Crippen molar-refractivity contribution < 1.29 is 9.84 Å². The van der Waals surface area contributed by atoms with E-state index in [1.807, 2.05) is 24.3 Å². The number of hydrogen-bond acceptors (Lipinski definition) is 2. The third kappa shape index (κ3) is 3.11. The van der Waals surface area contributed by atoms with E-state index in [-0.39, 0.29) is 6.61 Å². The van der Waals surface area contributed by atoms with Crippen molar-refractivity contribution in [1.29, 1.82) is 0 Å². The molecule has 0 unspecified atom stereocenters. The maximum atomic E-state index is 9.06. The van der Waals surface area contributed by atoms with Crippen molar-refractivity contribution in [3.8, 4) is 5.75 Å². The Morgan fingerprint density at radius 2 is 1.61 bits per heavy atom. The summed E-state index contributed by atoms with van der Waals surface area (Å²) in [5, 5.41) is 9.06. The van der Waals surface area contributed by atoms with Gasteiger partial charge in [0.1, 0.15) is 5.75 Å². The predicted octanol–water partition coefficient (Wildman–Crippen LogP) is 2.82. The highest BCUT2D eigenvalue weighted by atomic mass is 16.5. The SMILES string of the molecule is COc1ccc(Cc2ccccc2CCO)cc1. The van der Waals surface area contributed by atoms with Crippen molar-refractivity contribution in [2.45, 2.75) is 12.8 Å². The molecule has 0 bridgehead atoms. The van der Waals surface area contributed by atoms with E-state index in [0.717, 1.165) is 12.2 Å². The van der Waals surface area contributed by atoms with Gasteiger partial charge in [-0.25, -0.2) is 0 Å². The summed E-state index contributed by atoms with van der Waals surface area (Å²) in [6.45, 7) is 0.194. The largest absolute Gasteiger partial charge is 0.497 e. The smallest absolute Gasteiger partial charge is 0.118 e. The fraction of sp³-hybridized carbons (Fsp3) is 0.250. The van der Waals surface area contributed by atoms with Gasteiger partial charge in [0.2, 0.25) is 0 Å². The minimum atomic E-state index is 0.194. The first-order valence-corrected chi connectivity index (χ1v) is 6.14. The highest BCUT2D eigenvalue weighted by Crippen LogP contribution is 2.17. The maximum absolute atomic E-state index is 9.06. The number of aliphatic hydroxyl groups excluding tert-OH is 1. The van der Waals surface area contributed by atoms with Crippen LogP contribution in [0.25, 0.3) is 0 Å². The van der Waals surface area contributed by atoms with Gasteiger partial charge in [0.25, 0.3) is 0 Å². The monoisotopic (exact) mass is 242 g/mol. The highest BCUT2D eigenvalue weighted by Gasteiger charge is 2.02. The summed E-state index contributed by atoms with van der Waals surface area (Å²) in [5.74, 6) is 0.877. The van der Waals surface area contributed by atoms with Crippen molar-refractivity contribution >= 4 is 0 Å². The molecule has 18 heavy (non-hydrogen) atoms. The molecule has 2 aromatic carbocycles. The lowest BCUT2D eigenvalue weighted by Crippen LogP contribution is -1.98. The van der Waals surface area contributed by atoms with Crippen LogP contribution in [0.3, 0.4) is 0 Å². The van der Waals surface area contributed by atoms with Crippen LogP contribution in [0.15, 0.2) is 48.5 Å². The summed E-state index contributed by atoms with van der Waals surface area (Å²) >= 11 is 0. The number of benzene rings is 2. The Morgan fingerprint density at radius 1 is 0.944 bits per heavy atom. The zero-order valence-corrected chi connectivity index (χ0v) is 10.6. The molecule has 0 aromatic heterocycles. The van der Waals surface area contributed by atoms with Gasteiger partial charge in [-0.05, 0) is 41.7 Å². The fourth-order valence-electron chi connectivity index (χ4n) is 2.06. The summed E-state index contributed by atoms with van der Waals surface area (Å²) in [6.07, 6.45) is 1.60. The van der Waals surface area contributed by atoms with E-state index in [1.165, 1.54) is 16.7 Å². The molecule has 2 heteroatoms. The minimum Gasteiger partial charge on any atom is -0.497 e. The summed E-state index contributed by atoms with van der Waals surface area (Å²) in [6, 6.07) is 16.4. The number of ether oxygens (including phenoxy) is 1. The average Bonchev–Trinajstić information content (AvgIpc) is 2.42. The van der Waals surface area contributed by atoms with Crippen LogP contribution >= 0.6 is 0 Å². The second kappa shape index (κ2) is 6.22. The second-order valence-electron chi connectivity index (χ2n) is 4.27. The van der Waals surface area contributed by atoms with Crippen LogP contribution in [0, 0.1) is 0 Å². The van der Waals surface area contributed by atoms with Crippen LogP contribution in [0.4, 0.5) is 0 Å². The molecule has 0 aliphatic heterocycles. The van der Waals surface area contributed by atoms with Crippen LogP contribution in [-0.4, -0.2) is 18.8 Å². The third-order valence-electron chi connectivity index (χ3n) is 3.05. The minimum absolute atomic E-state index is 0.194. The molecule has 0 radical (unpaired) electrons. The summed E-state index contributed by atoms with van der Waals surface area (Å²) < 4.78 is 5.15. The summed E-state index contributed by atoms with van der Waals surface area (Å²) in [5.41, 5.74) is 3.74. The molecule has 2 aromatic rings. The molecule has 0 saturated heterocycles. The molecule has 0 heterocycles. The van der Waals surface area contributed by atoms with E-state index in [0.29, 0.717) is 6.42 Å². The molecule has 0 aliphatic rings. The van der Waals surface area contributed by atoms with E-state index >= 15 is 0 Å². The van der Waals surface area contributed by atoms with Crippen molar-refractivity contribution in [2.75, 3.05) is 13.7 Å². The van der Waals surface area contributed by atoms with Gasteiger partial charge in [0, 0.05) is 6.61 Å².